The first kappa shape index (κ1) is 14.2. The highest BCUT2D eigenvalue weighted by Crippen LogP contribution is 2.40. The van der Waals surface area contributed by atoms with Gasteiger partial charge in [-0.25, -0.2) is 0 Å². The number of allylic oxidation sites excluding steroid dienone is 1. The summed E-state index contributed by atoms with van der Waals surface area (Å²) >= 11 is 3.75. The fourth-order valence-corrected chi connectivity index (χ4v) is 3.37. The molecule has 3 rings (SSSR count). The van der Waals surface area contributed by atoms with Crippen LogP contribution in [0.5, 0.6) is 11.5 Å². The molecule has 0 fully saturated rings. The van der Waals surface area contributed by atoms with Gasteiger partial charge in [0.05, 0.1) is 14.2 Å². The highest BCUT2D eigenvalue weighted by molar-refractivity contribution is 9.11. The molecule has 0 radical (unpaired) electrons. The van der Waals surface area contributed by atoms with Crippen LogP contribution >= 0.6 is 15.9 Å². The SMILES string of the molecule is COc1ccc(C2=C(Br)CCc3cc(OC)ccc32)cc1. The minimum atomic E-state index is 0.876. The number of benzene rings is 2. The Hall–Kier alpha value is -1.74. The number of ether oxygens (including phenoxy) is 2. The standard InChI is InChI=1S/C18H17BrO2/c1-20-14-6-3-12(4-7-14)18-16-9-8-15(21-2)11-13(16)5-10-17(18)19/h3-4,6-9,11H,5,10H2,1-2H3. The van der Waals surface area contributed by atoms with Gasteiger partial charge >= 0.3 is 0 Å². The number of aryl methyl sites for hydroxylation is 1. The lowest BCUT2D eigenvalue weighted by atomic mass is 9.87. The largest absolute Gasteiger partial charge is 0.497 e. The lowest BCUT2D eigenvalue weighted by molar-refractivity contribution is 0.414. The van der Waals surface area contributed by atoms with Gasteiger partial charge in [-0.2, -0.15) is 0 Å². The minimum absolute atomic E-state index is 0.876. The van der Waals surface area contributed by atoms with Crippen LogP contribution in [0.25, 0.3) is 5.57 Å². The normalized spacial score (nSPS) is 13.9. The van der Waals surface area contributed by atoms with Crippen LogP contribution in [0.15, 0.2) is 46.9 Å². The van der Waals surface area contributed by atoms with Crippen molar-refractivity contribution in [1.29, 1.82) is 0 Å². The van der Waals surface area contributed by atoms with Gasteiger partial charge in [0.25, 0.3) is 0 Å². The molecule has 0 N–H and O–H groups in total. The highest BCUT2D eigenvalue weighted by atomic mass is 79.9. The van der Waals surface area contributed by atoms with Crippen LogP contribution in [-0.2, 0) is 6.42 Å². The summed E-state index contributed by atoms with van der Waals surface area (Å²) < 4.78 is 11.8. The minimum Gasteiger partial charge on any atom is -0.497 e. The molecule has 0 atom stereocenters. The summed E-state index contributed by atoms with van der Waals surface area (Å²) in [6.07, 6.45) is 2.05. The number of hydrogen-bond donors (Lipinski definition) is 0. The zero-order chi connectivity index (χ0) is 14.8. The third-order valence-electron chi connectivity index (χ3n) is 3.85. The molecule has 0 amide bonds. The Bertz CT molecular complexity index is 687. The summed E-state index contributed by atoms with van der Waals surface area (Å²) in [7, 11) is 3.40. The van der Waals surface area contributed by atoms with Gasteiger partial charge in [-0.3, -0.25) is 0 Å². The molecule has 1 aliphatic carbocycles. The molecule has 0 bridgehead atoms. The van der Waals surface area contributed by atoms with E-state index in [0.717, 1.165) is 24.3 Å². The van der Waals surface area contributed by atoms with Crippen LogP contribution in [0.4, 0.5) is 0 Å². The Balaban J connectivity index is 2.08. The Kier molecular flexibility index (Phi) is 4.02. The molecule has 21 heavy (non-hydrogen) atoms. The van der Waals surface area contributed by atoms with E-state index in [1.54, 1.807) is 14.2 Å². The summed E-state index contributed by atoms with van der Waals surface area (Å²) in [5.41, 5.74) is 5.08. The molecule has 1 aliphatic rings. The average molecular weight is 345 g/mol. The second-order valence-corrected chi connectivity index (χ2v) is 5.99. The van der Waals surface area contributed by atoms with E-state index in [0.29, 0.717) is 0 Å². The van der Waals surface area contributed by atoms with Crippen molar-refractivity contribution in [2.24, 2.45) is 0 Å². The molecule has 2 nitrogen and oxygen atoms in total. The summed E-state index contributed by atoms with van der Waals surface area (Å²) in [6.45, 7) is 0. The summed E-state index contributed by atoms with van der Waals surface area (Å²) in [5, 5.41) is 0. The molecule has 0 heterocycles. The number of hydrogen-bond acceptors (Lipinski definition) is 2. The van der Waals surface area contributed by atoms with Crippen molar-refractivity contribution in [3.63, 3.8) is 0 Å². The van der Waals surface area contributed by atoms with Crippen LogP contribution < -0.4 is 9.47 Å². The predicted molar refractivity (Wildman–Crippen MR) is 89.3 cm³/mol. The van der Waals surface area contributed by atoms with Crippen molar-refractivity contribution in [2.75, 3.05) is 14.2 Å². The number of methoxy groups -OCH3 is 2. The third-order valence-corrected chi connectivity index (χ3v) is 4.64. The van der Waals surface area contributed by atoms with Crippen LogP contribution in [0.1, 0.15) is 23.1 Å². The average Bonchev–Trinajstić information content (AvgIpc) is 2.54. The van der Waals surface area contributed by atoms with Gasteiger partial charge in [-0.15, -0.1) is 0 Å². The van der Waals surface area contributed by atoms with Crippen molar-refractivity contribution in [3.05, 3.63) is 63.6 Å². The Morgan fingerprint density at radius 1 is 0.857 bits per heavy atom. The maximum atomic E-state index is 5.33. The maximum absolute atomic E-state index is 5.33. The second-order valence-electron chi connectivity index (χ2n) is 5.03. The lowest BCUT2D eigenvalue weighted by Crippen LogP contribution is -2.04. The summed E-state index contributed by atoms with van der Waals surface area (Å²) in [6, 6.07) is 14.5. The van der Waals surface area contributed by atoms with E-state index in [-0.39, 0.29) is 0 Å². The van der Waals surface area contributed by atoms with Gasteiger partial charge in [-0.05, 0) is 59.4 Å². The van der Waals surface area contributed by atoms with E-state index < -0.39 is 0 Å². The van der Waals surface area contributed by atoms with Crippen molar-refractivity contribution < 1.29 is 9.47 Å². The molecular formula is C18H17BrO2. The quantitative estimate of drug-likeness (QED) is 0.795. The number of rotatable bonds is 3. The van der Waals surface area contributed by atoms with Crippen molar-refractivity contribution >= 4 is 21.5 Å². The van der Waals surface area contributed by atoms with E-state index >= 15 is 0 Å². The zero-order valence-electron chi connectivity index (χ0n) is 12.2. The van der Waals surface area contributed by atoms with Gasteiger partial charge in [0, 0.05) is 4.48 Å². The molecule has 0 unspecified atom stereocenters. The molecule has 2 aromatic rings. The molecule has 0 aromatic heterocycles. The van der Waals surface area contributed by atoms with Gasteiger partial charge in [0.1, 0.15) is 11.5 Å². The van der Waals surface area contributed by atoms with Gasteiger partial charge in [-0.1, -0.05) is 34.1 Å². The molecular weight excluding hydrogens is 328 g/mol. The topological polar surface area (TPSA) is 18.5 Å². The second kappa shape index (κ2) is 5.94. The summed E-state index contributed by atoms with van der Waals surface area (Å²) in [4.78, 5) is 0. The van der Waals surface area contributed by atoms with Crippen LogP contribution in [0, 0.1) is 0 Å². The smallest absolute Gasteiger partial charge is 0.119 e. The Morgan fingerprint density at radius 2 is 1.52 bits per heavy atom. The summed E-state index contributed by atoms with van der Waals surface area (Å²) in [5.74, 6) is 1.79. The molecule has 108 valence electrons. The predicted octanol–water partition coefficient (Wildman–Crippen LogP) is 4.80. The first-order valence-electron chi connectivity index (χ1n) is 6.93. The van der Waals surface area contributed by atoms with E-state index in [9.17, 15) is 0 Å². The zero-order valence-corrected chi connectivity index (χ0v) is 13.7. The van der Waals surface area contributed by atoms with Gasteiger partial charge < -0.3 is 9.47 Å². The molecule has 0 saturated carbocycles. The van der Waals surface area contributed by atoms with E-state index in [2.05, 4.69) is 40.2 Å². The monoisotopic (exact) mass is 344 g/mol. The fourth-order valence-electron chi connectivity index (χ4n) is 2.73. The van der Waals surface area contributed by atoms with E-state index in [4.69, 9.17) is 9.47 Å². The Morgan fingerprint density at radius 3 is 2.19 bits per heavy atom. The van der Waals surface area contributed by atoms with E-state index in [1.165, 1.54) is 26.7 Å². The first-order valence-corrected chi connectivity index (χ1v) is 7.72. The number of halogens is 1. The molecule has 3 heteroatoms. The van der Waals surface area contributed by atoms with Gasteiger partial charge in [0.15, 0.2) is 0 Å². The van der Waals surface area contributed by atoms with Crippen molar-refractivity contribution in [1.82, 2.24) is 0 Å². The van der Waals surface area contributed by atoms with Crippen LogP contribution in [0.2, 0.25) is 0 Å². The van der Waals surface area contributed by atoms with Gasteiger partial charge in [0.2, 0.25) is 0 Å². The Labute approximate surface area is 133 Å². The molecule has 0 spiro atoms. The molecule has 0 saturated heterocycles. The third kappa shape index (κ3) is 2.70. The van der Waals surface area contributed by atoms with Crippen molar-refractivity contribution in [2.45, 2.75) is 12.8 Å². The van der Waals surface area contributed by atoms with Crippen LogP contribution in [0.3, 0.4) is 0 Å². The fraction of sp³-hybridized carbons (Fsp3) is 0.222. The molecule has 0 aliphatic heterocycles. The lowest BCUT2D eigenvalue weighted by Gasteiger charge is -2.22. The molecule has 2 aromatic carbocycles. The van der Waals surface area contributed by atoms with Crippen molar-refractivity contribution in [3.8, 4) is 11.5 Å². The van der Waals surface area contributed by atoms with Crippen LogP contribution in [-0.4, -0.2) is 14.2 Å². The first-order chi connectivity index (χ1) is 10.2. The highest BCUT2D eigenvalue weighted by Gasteiger charge is 2.19. The maximum Gasteiger partial charge on any atom is 0.119 e. The number of fused-ring (bicyclic) bond motifs is 1. The van der Waals surface area contributed by atoms with E-state index in [1.807, 2.05) is 18.2 Å².